The highest BCUT2D eigenvalue weighted by Gasteiger charge is 2.68. The van der Waals surface area contributed by atoms with Crippen LogP contribution in [0.1, 0.15) is 50.3 Å². The molecule has 1 amide bonds. The molecule has 0 N–H and O–H groups in total. The minimum Gasteiger partial charge on any atom is -0.431 e. The maximum Gasteiger partial charge on any atom is 0.239 e. The van der Waals surface area contributed by atoms with E-state index in [0.29, 0.717) is 5.69 Å². The lowest BCUT2D eigenvalue weighted by Gasteiger charge is -2.43. The summed E-state index contributed by atoms with van der Waals surface area (Å²) in [5, 5.41) is 8.43. The summed E-state index contributed by atoms with van der Waals surface area (Å²) in [5.74, 6) is -1.78. The first-order chi connectivity index (χ1) is 13.4. The average molecular weight is 385 g/mol. The zero-order chi connectivity index (χ0) is 19.7. The predicted molar refractivity (Wildman–Crippen MR) is 97.1 cm³/mol. The third-order valence-electron chi connectivity index (χ3n) is 6.99. The molecule has 2 unspecified atom stereocenters. The van der Waals surface area contributed by atoms with Crippen LogP contribution >= 0.6 is 0 Å². The Morgan fingerprint density at radius 1 is 1.21 bits per heavy atom. The number of ether oxygens (including phenoxy) is 1. The molecule has 0 spiro atoms. The maximum atomic E-state index is 13.9. The van der Waals surface area contributed by atoms with Gasteiger partial charge in [-0.1, -0.05) is 19.9 Å². The molecule has 2 fully saturated rings. The van der Waals surface area contributed by atoms with E-state index in [1.807, 2.05) is 4.90 Å². The second-order valence-electron chi connectivity index (χ2n) is 8.50. The molecule has 2 aromatic rings. The molecule has 2 bridgehead atoms. The molecule has 1 aromatic carbocycles. The summed E-state index contributed by atoms with van der Waals surface area (Å²) in [7, 11) is 0. The second-order valence-corrected chi connectivity index (χ2v) is 8.50. The van der Waals surface area contributed by atoms with Crippen molar-refractivity contribution in [2.75, 3.05) is 13.1 Å². The third kappa shape index (κ3) is 2.07. The monoisotopic (exact) mass is 385 g/mol. The van der Waals surface area contributed by atoms with Crippen LogP contribution in [0.2, 0.25) is 0 Å². The molecular formula is C21H21F2N3O2. The zero-order valence-corrected chi connectivity index (χ0v) is 15.8. The summed E-state index contributed by atoms with van der Waals surface area (Å²) >= 11 is 0. The first-order valence-electron chi connectivity index (χ1n) is 9.65. The fourth-order valence-corrected chi connectivity index (χ4v) is 5.30. The molecule has 5 rings (SSSR count). The molecule has 3 aliphatic rings. The minimum absolute atomic E-state index is 0.0395. The summed E-state index contributed by atoms with van der Waals surface area (Å²) in [6.07, 6.45) is 2.66. The van der Waals surface area contributed by atoms with Crippen LogP contribution < -0.4 is 4.74 Å². The number of halogens is 2. The lowest BCUT2D eigenvalue weighted by Crippen LogP contribution is -2.55. The highest BCUT2D eigenvalue weighted by Crippen LogP contribution is 2.68. The Morgan fingerprint density at radius 2 is 1.93 bits per heavy atom. The van der Waals surface area contributed by atoms with Gasteiger partial charge in [0.05, 0.1) is 11.1 Å². The molecule has 2 heterocycles. The highest BCUT2D eigenvalue weighted by molar-refractivity contribution is 5.92. The van der Waals surface area contributed by atoms with Crippen molar-refractivity contribution in [3.63, 3.8) is 0 Å². The van der Waals surface area contributed by atoms with Gasteiger partial charge in [0, 0.05) is 19.2 Å². The molecule has 1 aliphatic heterocycles. The van der Waals surface area contributed by atoms with Gasteiger partial charge in [-0.25, -0.2) is 8.78 Å². The molecule has 1 aromatic heterocycles. The third-order valence-corrected chi connectivity index (χ3v) is 6.99. The Hall–Kier alpha value is -2.57. The van der Waals surface area contributed by atoms with Gasteiger partial charge in [-0.2, -0.15) is 5.10 Å². The number of carbonyl (C=O) groups is 1. The lowest BCUT2D eigenvalue weighted by molar-refractivity contribution is -0.144. The number of aromatic nitrogens is 2. The molecule has 2 atom stereocenters. The van der Waals surface area contributed by atoms with Crippen LogP contribution in [0.4, 0.5) is 8.78 Å². The Balaban J connectivity index is 1.56. The largest absolute Gasteiger partial charge is 0.431 e. The minimum atomic E-state index is -0.798. The van der Waals surface area contributed by atoms with Crippen molar-refractivity contribution >= 4 is 5.91 Å². The van der Waals surface area contributed by atoms with E-state index in [1.165, 1.54) is 6.07 Å². The lowest BCUT2D eigenvalue weighted by atomic mass is 9.67. The number of benzene rings is 1. The van der Waals surface area contributed by atoms with E-state index in [1.54, 1.807) is 6.07 Å². The Morgan fingerprint density at radius 3 is 2.57 bits per heavy atom. The van der Waals surface area contributed by atoms with Crippen LogP contribution in [-0.2, 0) is 10.2 Å². The van der Waals surface area contributed by atoms with Gasteiger partial charge in [0.1, 0.15) is 0 Å². The van der Waals surface area contributed by atoms with E-state index in [2.05, 4.69) is 24.0 Å². The fraction of sp³-hybridized carbons (Fsp3) is 0.476. The van der Waals surface area contributed by atoms with Crippen LogP contribution in [0, 0.1) is 17.0 Å². The topological polar surface area (TPSA) is 55.3 Å². The predicted octanol–water partition coefficient (Wildman–Crippen LogP) is 3.93. The van der Waals surface area contributed by atoms with Crippen molar-refractivity contribution in [1.82, 2.24) is 15.1 Å². The van der Waals surface area contributed by atoms with Gasteiger partial charge < -0.3 is 9.64 Å². The molecule has 5 nitrogen and oxygen atoms in total. The normalized spacial score (nSPS) is 26.7. The highest BCUT2D eigenvalue weighted by atomic mass is 19.1. The van der Waals surface area contributed by atoms with Crippen LogP contribution in [-0.4, -0.2) is 34.1 Å². The van der Waals surface area contributed by atoms with Gasteiger partial charge >= 0.3 is 0 Å². The van der Waals surface area contributed by atoms with E-state index in [-0.39, 0.29) is 23.1 Å². The second kappa shape index (κ2) is 5.72. The molecule has 2 aliphatic carbocycles. The first kappa shape index (κ1) is 17.5. The Bertz CT molecular complexity index is 969. The standard InChI is InChI=1S/C21H21F2N3O2/c1-20(2)13-7-8-21(20,19(27)26-9-4-10-26)18-12(13)11-16(24-25-18)28-17-14(22)5-3-6-15(17)23/h3,5-6,11,13H,4,7-10H2,1-2H3. The molecular weight excluding hydrogens is 364 g/mol. The molecule has 0 radical (unpaired) electrons. The number of fused-ring (bicyclic) bond motifs is 5. The molecule has 28 heavy (non-hydrogen) atoms. The van der Waals surface area contributed by atoms with Gasteiger partial charge in [-0.05, 0) is 48.3 Å². The van der Waals surface area contributed by atoms with E-state index in [0.717, 1.165) is 50.0 Å². The Kier molecular flexibility index (Phi) is 3.58. The van der Waals surface area contributed by atoms with Gasteiger partial charge in [0.25, 0.3) is 0 Å². The Labute approximate surface area is 161 Å². The van der Waals surface area contributed by atoms with E-state index in [9.17, 15) is 13.6 Å². The summed E-state index contributed by atoms with van der Waals surface area (Å²) in [6.45, 7) is 5.80. The van der Waals surface area contributed by atoms with Gasteiger partial charge in [0.15, 0.2) is 11.6 Å². The van der Waals surface area contributed by atoms with Crippen molar-refractivity contribution in [2.24, 2.45) is 5.41 Å². The fourth-order valence-electron chi connectivity index (χ4n) is 5.30. The van der Waals surface area contributed by atoms with Crippen molar-refractivity contribution < 1.29 is 18.3 Å². The van der Waals surface area contributed by atoms with Crippen LogP contribution in [0.25, 0.3) is 0 Å². The number of hydrogen-bond acceptors (Lipinski definition) is 4. The number of rotatable bonds is 3. The molecule has 1 saturated heterocycles. The van der Waals surface area contributed by atoms with Gasteiger partial charge in [-0.15, -0.1) is 5.10 Å². The van der Waals surface area contributed by atoms with Crippen molar-refractivity contribution in [2.45, 2.75) is 44.4 Å². The van der Waals surface area contributed by atoms with Crippen LogP contribution in [0.15, 0.2) is 24.3 Å². The van der Waals surface area contributed by atoms with Crippen molar-refractivity contribution in [1.29, 1.82) is 0 Å². The summed E-state index contributed by atoms with van der Waals surface area (Å²) in [5.41, 5.74) is 0.639. The molecule has 7 heteroatoms. The summed E-state index contributed by atoms with van der Waals surface area (Å²) in [6, 6.07) is 5.24. The molecule has 1 saturated carbocycles. The number of likely N-dealkylation sites (tertiary alicyclic amines) is 1. The SMILES string of the molecule is CC1(C)C2CCC1(C(=O)N1CCC1)c1nnc(Oc3c(F)cccc3F)cc12. The number of nitrogens with zero attached hydrogens (tertiary/aromatic N) is 3. The van der Waals surface area contributed by atoms with Crippen LogP contribution in [0.3, 0.4) is 0 Å². The number of para-hydroxylation sites is 1. The smallest absolute Gasteiger partial charge is 0.239 e. The summed E-state index contributed by atoms with van der Waals surface area (Å²) < 4.78 is 33.2. The van der Waals surface area contributed by atoms with Gasteiger partial charge in [-0.3, -0.25) is 4.79 Å². The van der Waals surface area contributed by atoms with Crippen LogP contribution in [0.5, 0.6) is 11.6 Å². The maximum absolute atomic E-state index is 13.9. The number of carbonyl (C=O) groups excluding carboxylic acids is 1. The van der Waals surface area contributed by atoms with Crippen molar-refractivity contribution in [3.8, 4) is 11.6 Å². The zero-order valence-electron chi connectivity index (χ0n) is 15.8. The van der Waals surface area contributed by atoms with Gasteiger partial charge in [0.2, 0.25) is 17.5 Å². The number of amides is 1. The van der Waals surface area contributed by atoms with E-state index in [4.69, 9.17) is 4.74 Å². The van der Waals surface area contributed by atoms with E-state index < -0.39 is 22.8 Å². The number of hydrogen-bond donors (Lipinski definition) is 0. The van der Waals surface area contributed by atoms with Crippen molar-refractivity contribution in [3.05, 3.63) is 47.2 Å². The quantitative estimate of drug-likeness (QED) is 0.803. The first-order valence-corrected chi connectivity index (χ1v) is 9.65. The average Bonchev–Trinajstić information content (AvgIpc) is 2.98. The van der Waals surface area contributed by atoms with E-state index >= 15 is 0 Å². The molecule has 146 valence electrons. The summed E-state index contributed by atoms with van der Waals surface area (Å²) in [4.78, 5) is 15.3.